The second-order valence-corrected chi connectivity index (χ2v) is 5.49. The average molecular weight is 263 g/mol. The van der Waals surface area contributed by atoms with Crippen LogP contribution in [0, 0.1) is 11.8 Å². The topological polar surface area (TPSA) is 66.3 Å². The van der Waals surface area contributed by atoms with Gasteiger partial charge in [-0.3, -0.25) is 4.98 Å². The highest BCUT2D eigenvalue weighted by Crippen LogP contribution is 2.26. The van der Waals surface area contributed by atoms with Gasteiger partial charge in [0, 0.05) is 13.1 Å². The lowest BCUT2D eigenvalue weighted by Crippen LogP contribution is -2.26. The van der Waals surface area contributed by atoms with E-state index in [1.54, 1.807) is 6.20 Å². The molecule has 1 atom stereocenters. The molecule has 0 amide bonds. The lowest BCUT2D eigenvalue weighted by molar-refractivity contribution is 0.0690. The molecule has 2 heterocycles. The zero-order valence-corrected chi connectivity index (χ0v) is 11.5. The maximum atomic E-state index is 10.9. The zero-order chi connectivity index (χ0) is 13.8. The molecule has 5 heteroatoms. The van der Waals surface area contributed by atoms with Crippen LogP contribution in [-0.4, -0.2) is 34.1 Å². The first kappa shape index (κ1) is 13.8. The summed E-state index contributed by atoms with van der Waals surface area (Å²) in [4.78, 5) is 21.2. The van der Waals surface area contributed by atoms with Gasteiger partial charge in [-0.25, -0.2) is 9.78 Å². The minimum atomic E-state index is -1.02. The third kappa shape index (κ3) is 3.43. The summed E-state index contributed by atoms with van der Waals surface area (Å²) in [5, 5.41) is 8.96. The fourth-order valence-corrected chi connectivity index (χ4v) is 2.63. The predicted octanol–water partition coefficient (Wildman–Crippen LogP) is 2.44. The Kier molecular flexibility index (Phi) is 4.35. The summed E-state index contributed by atoms with van der Waals surface area (Å²) in [5.74, 6) is 1.12. The second kappa shape index (κ2) is 5.99. The van der Waals surface area contributed by atoms with Crippen molar-refractivity contribution in [2.45, 2.75) is 33.1 Å². The highest BCUT2D eigenvalue weighted by Gasteiger charge is 2.20. The van der Waals surface area contributed by atoms with E-state index in [0.717, 1.165) is 31.8 Å². The number of anilines is 1. The van der Waals surface area contributed by atoms with E-state index in [-0.39, 0.29) is 5.69 Å². The van der Waals surface area contributed by atoms with Gasteiger partial charge in [0.15, 0.2) is 5.69 Å². The van der Waals surface area contributed by atoms with E-state index in [0.29, 0.717) is 11.7 Å². The average Bonchev–Trinajstić information content (AvgIpc) is 2.64. The molecule has 0 spiro atoms. The van der Waals surface area contributed by atoms with E-state index in [4.69, 9.17) is 5.11 Å². The molecule has 19 heavy (non-hydrogen) atoms. The standard InChI is InChI=1S/C14H21N3O2/c1-10(2)11-4-3-6-17(7-5-11)13-9-15-8-12(16-13)14(18)19/h8-11H,3-7H2,1-2H3,(H,18,19). The Morgan fingerprint density at radius 1 is 1.37 bits per heavy atom. The molecule has 1 unspecified atom stereocenters. The number of carbonyl (C=O) groups is 1. The maximum absolute atomic E-state index is 10.9. The maximum Gasteiger partial charge on any atom is 0.356 e. The lowest BCUT2D eigenvalue weighted by atomic mass is 9.89. The van der Waals surface area contributed by atoms with Crippen molar-refractivity contribution in [1.29, 1.82) is 0 Å². The Balaban J connectivity index is 2.09. The zero-order valence-electron chi connectivity index (χ0n) is 11.5. The van der Waals surface area contributed by atoms with Crippen LogP contribution in [0.15, 0.2) is 12.4 Å². The van der Waals surface area contributed by atoms with Crippen molar-refractivity contribution >= 4 is 11.8 Å². The van der Waals surface area contributed by atoms with E-state index >= 15 is 0 Å². The predicted molar refractivity (Wildman–Crippen MR) is 73.4 cm³/mol. The first-order chi connectivity index (χ1) is 9.08. The molecule has 1 fully saturated rings. The van der Waals surface area contributed by atoms with Gasteiger partial charge in [-0.1, -0.05) is 13.8 Å². The van der Waals surface area contributed by atoms with Gasteiger partial charge in [-0.2, -0.15) is 0 Å². The van der Waals surface area contributed by atoms with E-state index in [1.807, 2.05) is 0 Å². The third-order valence-electron chi connectivity index (χ3n) is 3.88. The summed E-state index contributed by atoms with van der Waals surface area (Å²) in [7, 11) is 0. The summed E-state index contributed by atoms with van der Waals surface area (Å²) < 4.78 is 0. The number of nitrogens with zero attached hydrogens (tertiary/aromatic N) is 3. The van der Waals surface area contributed by atoms with Crippen molar-refractivity contribution in [1.82, 2.24) is 9.97 Å². The summed E-state index contributed by atoms with van der Waals surface area (Å²) in [6, 6.07) is 0. The number of hydrogen-bond donors (Lipinski definition) is 1. The van der Waals surface area contributed by atoms with Gasteiger partial charge < -0.3 is 10.0 Å². The van der Waals surface area contributed by atoms with Gasteiger partial charge in [0.1, 0.15) is 5.82 Å². The van der Waals surface area contributed by atoms with Crippen molar-refractivity contribution in [3.05, 3.63) is 18.1 Å². The Morgan fingerprint density at radius 3 is 2.84 bits per heavy atom. The Hall–Kier alpha value is -1.65. The molecule has 2 rings (SSSR count). The quantitative estimate of drug-likeness (QED) is 0.907. The van der Waals surface area contributed by atoms with E-state index in [2.05, 4.69) is 28.7 Å². The summed E-state index contributed by atoms with van der Waals surface area (Å²) >= 11 is 0. The molecule has 5 nitrogen and oxygen atoms in total. The number of hydrogen-bond acceptors (Lipinski definition) is 4. The molecular weight excluding hydrogens is 242 g/mol. The van der Waals surface area contributed by atoms with Crippen molar-refractivity contribution in [2.75, 3.05) is 18.0 Å². The molecule has 0 bridgehead atoms. The van der Waals surface area contributed by atoms with Gasteiger partial charge in [-0.15, -0.1) is 0 Å². The molecule has 1 N–H and O–H groups in total. The van der Waals surface area contributed by atoms with Crippen LogP contribution in [0.3, 0.4) is 0 Å². The first-order valence-electron chi connectivity index (χ1n) is 6.88. The number of carboxylic acids is 1. The molecule has 0 aliphatic carbocycles. The molecule has 1 aliphatic heterocycles. The van der Waals surface area contributed by atoms with Crippen LogP contribution in [0.1, 0.15) is 43.6 Å². The second-order valence-electron chi connectivity index (χ2n) is 5.49. The fourth-order valence-electron chi connectivity index (χ4n) is 2.63. The first-order valence-corrected chi connectivity index (χ1v) is 6.88. The highest BCUT2D eigenvalue weighted by atomic mass is 16.4. The Morgan fingerprint density at radius 2 is 2.16 bits per heavy atom. The number of carboxylic acid groups (broad SMARTS) is 1. The molecule has 1 saturated heterocycles. The molecule has 1 aromatic heterocycles. The van der Waals surface area contributed by atoms with Gasteiger partial charge in [0.2, 0.25) is 0 Å². The molecular formula is C14H21N3O2. The minimum absolute atomic E-state index is 0.0159. The fraction of sp³-hybridized carbons (Fsp3) is 0.643. The van der Waals surface area contributed by atoms with Crippen LogP contribution in [0.4, 0.5) is 5.82 Å². The molecule has 0 aromatic carbocycles. The smallest absolute Gasteiger partial charge is 0.356 e. The van der Waals surface area contributed by atoms with Crippen LogP contribution in [0.5, 0.6) is 0 Å². The van der Waals surface area contributed by atoms with Crippen LogP contribution in [0.25, 0.3) is 0 Å². The van der Waals surface area contributed by atoms with Gasteiger partial charge in [0.05, 0.1) is 12.4 Å². The van der Waals surface area contributed by atoms with Gasteiger partial charge in [0.25, 0.3) is 0 Å². The molecule has 0 saturated carbocycles. The largest absolute Gasteiger partial charge is 0.476 e. The van der Waals surface area contributed by atoms with E-state index in [9.17, 15) is 4.79 Å². The van der Waals surface area contributed by atoms with Crippen molar-refractivity contribution in [2.24, 2.45) is 11.8 Å². The van der Waals surface area contributed by atoms with Gasteiger partial charge in [-0.05, 0) is 31.1 Å². The number of rotatable bonds is 3. The van der Waals surface area contributed by atoms with Gasteiger partial charge >= 0.3 is 5.97 Å². The number of aromatic carboxylic acids is 1. The highest BCUT2D eigenvalue weighted by molar-refractivity contribution is 5.85. The normalized spacial score (nSPS) is 20.4. The van der Waals surface area contributed by atoms with E-state index < -0.39 is 5.97 Å². The minimum Gasteiger partial charge on any atom is -0.476 e. The van der Waals surface area contributed by atoms with Crippen molar-refractivity contribution < 1.29 is 9.90 Å². The Bertz CT molecular complexity index is 448. The third-order valence-corrected chi connectivity index (χ3v) is 3.88. The Labute approximate surface area is 113 Å². The van der Waals surface area contributed by atoms with Crippen LogP contribution in [0.2, 0.25) is 0 Å². The summed E-state index contributed by atoms with van der Waals surface area (Å²) in [6.07, 6.45) is 6.45. The molecule has 1 aliphatic rings. The van der Waals surface area contributed by atoms with Crippen LogP contribution >= 0.6 is 0 Å². The monoisotopic (exact) mass is 263 g/mol. The number of aromatic nitrogens is 2. The SMILES string of the molecule is CC(C)C1CCCN(c2cncc(C(=O)O)n2)CC1. The molecule has 1 aromatic rings. The summed E-state index contributed by atoms with van der Waals surface area (Å²) in [5.41, 5.74) is 0.0159. The molecule has 104 valence electrons. The van der Waals surface area contributed by atoms with Crippen LogP contribution < -0.4 is 4.90 Å². The van der Waals surface area contributed by atoms with Crippen LogP contribution in [-0.2, 0) is 0 Å². The van der Waals surface area contributed by atoms with Crippen molar-refractivity contribution in [3.63, 3.8) is 0 Å². The van der Waals surface area contributed by atoms with Crippen molar-refractivity contribution in [3.8, 4) is 0 Å². The molecule has 0 radical (unpaired) electrons. The van der Waals surface area contributed by atoms with E-state index in [1.165, 1.54) is 12.6 Å². The summed E-state index contributed by atoms with van der Waals surface area (Å²) in [6.45, 7) is 6.40. The lowest BCUT2D eigenvalue weighted by Gasteiger charge is -2.22.